The number of Topliss-reactive ketones (excluding diaryl/α,β-unsaturated/α-hetero) is 1. The van der Waals surface area contributed by atoms with Crippen LogP contribution >= 0.6 is 0 Å². The number of carbonyl (C=O) groups excluding carboxylic acids is 1. The van der Waals surface area contributed by atoms with E-state index in [4.69, 9.17) is 0 Å². The van der Waals surface area contributed by atoms with E-state index in [9.17, 15) is 9.18 Å². The van der Waals surface area contributed by atoms with Gasteiger partial charge in [0.05, 0.1) is 12.1 Å². The van der Waals surface area contributed by atoms with Crippen LogP contribution in [0.5, 0.6) is 0 Å². The van der Waals surface area contributed by atoms with Crippen molar-refractivity contribution in [3.05, 3.63) is 30.2 Å². The number of hydrogen-bond acceptors (Lipinski definition) is 2. The molecule has 3 aliphatic carbocycles. The predicted molar refractivity (Wildman–Crippen MR) is 127 cm³/mol. The molecule has 0 spiro atoms. The third-order valence-corrected chi connectivity index (χ3v) is 9.89. The third kappa shape index (κ3) is 3.62. The van der Waals surface area contributed by atoms with Crippen molar-refractivity contribution in [2.75, 3.05) is 0 Å². The summed E-state index contributed by atoms with van der Waals surface area (Å²) in [7, 11) is 0. The summed E-state index contributed by atoms with van der Waals surface area (Å²) < 4.78 is 15.3. The van der Waals surface area contributed by atoms with Crippen molar-refractivity contribution in [1.82, 2.24) is 9.78 Å². The lowest BCUT2D eigenvalue weighted by molar-refractivity contribution is -0.130. The molecule has 174 valence electrons. The van der Waals surface area contributed by atoms with E-state index in [0.29, 0.717) is 23.8 Å². The zero-order valence-electron chi connectivity index (χ0n) is 20.0. The fourth-order valence-electron chi connectivity index (χ4n) is 8.44. The molecule has 3 aliphatic rings. The van der Waals surface area contributed by atoms with E-state index in [1.165, 1.54) is 63.5 Å². The van der Waals surface area contributed by atoms with E-state index in [1.807, 2.05) is 6.20 Å². The van der Waals surface area contributed by atoms with Crippen LogP contribution in [0.15, 0.2) is 24.4 Å². The van der Waals surface area contributed by atoms with Gasteiger partial charge in [-0.1, -0.05) is 40.0 Å². The minimum atomic E-state index is -0.281. The lowest BCUT2D eigenvalue weighted by Gasteiger charge is -2.54. The standard InChI is InChI=1S/C28H39FN2O/c1-4-6-21-18(5-2)8-10-23-22(21)13-14-28(3)24(23)11-12-25(28)27(32)17-31-16-19-7-9-20(29)15-26(19)30-31/h7,9,15-16,18,21-25H,4-6,8,10-14,17H2,1-3H3. The Morgan fingerprint density at radius 1 is 1.16 bits per heavy atom. The van der Waals surface area contributed by atoms with Gasteiger partial charge in [-0.05, 0) is 85.7 Å². The topological polar surface area (TPSA) is 34.9 Å². The number of carbonyl (C=O) groups is 1. The first-order chi connectivity index (χ1) is 15.4. The molecule has 7 atom stereocenters. The molecule has 7 unspecified atom stereocenters. The molecule has 1 heterocycles. The van der Waals surface area contributed by atoms with Crippen molar-refractivity contribution < 1.29 is 9.18 Å². The van der Waals surface area contributed by atoms with Crippen LogP contribution < -0.4 is 0 Å². The van der Waals surface area contributed by atoms with Gasteiger partial charge in [-0.2, -0.15) is 5.10 Å². The first-order valence-electron chi connectivity index (χ1n) is 13.1. The molecule has 0 saturated heterocycles. The molecular formula is C28H39FN2O. The Kier molecular flexibility index (Phi) is 5.92. The Morgan fingerprint density at radius 3 is 2.78 bits per heavy atom. The molecule has 0 aliphatic heterocycles. The Hall–Kier alpha value is -1.71. The molecule has 3 nitrogen and oxygen atoms in total. The SMILES string of the molecule is CCCC1C(CC)CCC2C1CCC1(C)C(C(=O)Cn3cc4ccc(F)cc4n3)CCC21. The molecule has 4 heteroatoms. The maximum Gasteiger partial charge on any atom is 0.157 e. The second kappa shape index (κ2) is 8.57. The third-order valence-electron chi connectivity index (χ3n) is 9.89. The van der Waals surface area contributed by atoms with Gasteiger partial charge in [-0.3, -0.25) is 9.48 Å². The second-order valence-corrected chi connectivity index (χ2v) is 11.3. The highest BCUT2D eigenvalue weighted by Crippen LogP contribution is 2.63. The van der Waals surface area contributed by atoms with Gasteiger partial charge in [-0.25, -0.2) is 4.39 Å². The number of nitrogens with zero attached hydrogens (tertiary/aromatic N) is 2. The zero-order valence-corrected chi connectivity index (χ0v) is 20.0. The van der Waals surface area contributed by atoms with Crippen LogP contribution in [-0.2, 0) is 11.3 Å². The van der Waals surface area contributed by atoms with E-state index in [2.05, 4.69) is 25.9 Å². The van der Waals surface area contributed by atoms with Crippen LogP contribution in [0.25, 0.3) is 10.9 Å². The highest BCUT2D eigenvalue weighted by atomic mass is 19.1. The molecule has 3 fully saturated rings. The molecular weight excluding hydrogens is 399 g/mol. The van der Waals surface area contributed by atoms with Gasteiger partial charge in [-0.15, -0.1) is 0 Å². The van der Waals surface area contributed by atoms with Crippen molar-refractivity contribution in [2.24, 2.45) is 40.9 Å². The number of hydrogen-bond donors (Lipinski definition) is 0. The van der Waals surface area contributed by atoms with Gasteiger partial charge in [0.25, 0.3) is 0 Å². The van der Waals surface area contributed by atoms with E-state index >= 15 is 0 Å². The van der Waals surface area contributed by atoms with Crippen molar-refractivity contribution >= 4 is 16.7 Å². The fourth-order valence-corrected chi connectivity index (χ4v) is 8.44. The molecule has 1 aromatic heterocycles. The number of ketones is 1. The first-order valence-corrected chi connectivity index (χ1v) is 13.1. The monoisotopic (exact) mass is 438 g/mol. The molecule has 5 rings (SSSR count). The van der Waals surface area contributed by atoms with Gasteiger partial charge in [0.1, 0.15) is 5.82 Å². The minimum absolute atomic E-state index is 0.144. The number of fused-ring (bicyclic) bond motifs is 4. The highest BCUT2D eigenvalue weighted by molar-refractivity contribution is 5.83. The molecule has 32 heavy (non-hydrogen) atoms. The van der Waals surface area contributed by atoms with Crippen molar-refractivity contribution in [3.8, 4) is 0 Å². The van der Waals surface area contributed by atoms with Crippen LogP contribution in [0.3, 0.4) is 0 Å². The van der Waals surface area contributed by atoms with E-state index in [-0.39, 0.29) is 17.2 Å². The van der Waals surface area contributed by atoms with Gasteiger partial charge in [0, 0.05) is 23.6 Å². The van der Waals surface area contributed by atoms with Crippen molar-refractivity contribution in [2.45, 2.75) is 85.1 Å². The van der Waals surface area contributed by atoms with E-state index < -0.39 is 0 Å². The average Bonchev–Trinajstić information content (AvgIpc) is 3.33. The van der Waals surface area contributed by atoms with Crippen molar-refractivity contribution in [3.63, 3.8) is 0 Å². The maximum absolute atomic E-state index is 13.5. The largest absolute Gasteiger partial charge is 0.297 e. The Balaban J connectivity index is 1.33. The van der Waals surface area contributed by atoms with Crippen LogP contribution in [0.4, 0.5) is 4.39 Å². The predicted octanol–water partition coefficient (Wildman–Crippen LogP) is 7.04. The summed E-state index contributed by atoms with van der Waals surface area (Å²) in [5.41, 5.74) is 0.774. The van der Waals surface area contributed by atoms with Crippen LogP contribution in [0, 0.1) is 46.7 Å². The maximum atomic E-state index is 13.5. The summed E-state index contributed by atoms with van der Waals surface area (Å²) in [5, 5.41) is 5.37. The lowest BCUT2D eigenvalue weighted by Crippen LogP contribution is -2.48. The summed E-state index contributed by atoms with van der Waals surface area (Å²) in [6.07, 6.45) is 13.5. The molecule has 3 saturated carbocycles. The quantitative estimate of drug-likeness (QED) is 0.485. The average molecular weight is 439 g/mol. The summed E-state index contributed by atoms with van der Waals surface area (Å²) in [4.78, 5) is 13.5. The van der Waals surface area contributed by atoms with Gasteiger partial charge >= 0.3 is 0 Å². The fraction of sp³-hybridized carbons (Fsp3) is 0.714. The normalized spacial score (nSPS) is 36.8. The second-order valence-electron chi connectivity index (χ2n) is 11.3. The van der Waals surface area contributed by atoms with Gasteiger partial charge in [0.15, 0.2) is 5.78 Å². The number of halogens is 1. The Labute approximate surface area is 192 Å². The Morgan fingerprint density at radius 2 is 2.00 bits per heavy atom. The smallest absolute Gasteiger partial charge is 0.157 e. The van der Waals surface area contributed by atoms with Gasteiger partial charge in [0.2, 0.25) is 0 Å². The summed E-state index contributed by atoms with van der Waals surface area (Å²) in [6.45, 7) is 7.48. The zero-order chi connectivity index (χ0) is 22.5. The number of rotatable bonds is 6. The van der Waals surface area contributed by atoms with Gasteiger partial charge < -0.3 is 0 Å². The molecule has 1 aromatic carbocycles. The first kappa shape index (κ1) is 22.1. The summed E-state index contributed by atoms with van der Waals surface area (Å²) in [5.74, 6) is 4.42. The summed E-state index contributed by atoms with van der Waals surface area (Å²) >= 11 is 0. The molecule has 0 radical (unpaired) electrons. The summed E-state index contributed by atoms with van der Waals surface area (Å²) in [6, 6.07) is 4.65. The van der Waals surface area contributed by atoms with E-state index in [0.717, 1.165) is 35.5 Å². The van der Waals surface area contributed by atoms with Crippen LogP contribution in [0.1, 0.15) is 78.6 Å². The minimum Gasteiger partial charge on any atom is -0.297 e. The molecule has 0 bridgehead atoms. The Bertz CT molecular complexity index is 983. The van der Waals surface area contributed by atoms with Crippen molar-refractivity contribution in [1.29, 1.82) is 0 Å². The van der Waals surface area contributed by atoms with Crippen LogP contribution in [0.2, 0.25) is 0 Å². The highest BCUT2D eigenvalue weighted by Gasteiger charge is 2.57. The number of benzene rings is 1. The van der Waals surface area contributed by atoms with Crippen LogP contribution in [-0.4, -0.2) is 15.6 Å². The molecule has 0 amide bonds. The molecule has 2 aromatic rings. The number of aromatic nitrogens is 2. The van der Waals surface area contributed by atoms with E-state index in [1.54, 1.807) is 10.7 Å². The lowest BCUT2D eigenvalue weighted by atomic mass is 9.50. The molecule has 0 N–H and O–H groups in total.